The van der Waals surface area contributed by atoms with Crippen LogP contribution in [0.1, 0.15) is 73.1 Å². The number of carbonyl (C=O) groups excluding carboxylic acids is 3. The molecule has 11 nitrogen and oxygen atoms in total. The average molecular weight is 486 g/mol. The minimum atomic E-state index is -1.26. The first-order valence-electron chi connectivity index (χ1n) is 11.7. The van der Waals surface area contributed by atoms with Gasteiger partial charge in [-0.3, -0.25) is 14.4 Å². The molecule has 1 aliphatic rings. The monoisotopic (exact) mass is 485 g/mol. The number of carbonyl (C=O) groups is 5. The highest BCUT2D eigenvalue weighted by atomic mass is 16.6. The zero-order valence-corrected chi connectivity index (χ0v) is 20.7. The number of hydrogen-bond acceptors (Lipinski definition) is 6. The van der Waals surface area contributed by atoms with Gasteiger partial charge in [-0.15, -0.1) is 0 Å². The van der Waals surface area contributed by atoms with Gasteiger partial charge in [0.15, 0.2) is 0 Å². The zero-order chi connectivity index (χ0) is 26.1. The van der Waals surface area contributed by atoms with Crippen molar-refractivity contribution in [3.63, 3.8) is 0 Å². The number of carboxylic acid groups (broad SMARTS) is 2. The van der Waals surface area contributed by atoms with Crippen LogP contribution < -0.4 is 16.0 Å². The molecule has 0 heterocycles. The molecule has 0 saturated heterocycles. The van der Waals surface area contributed by atoms with Gasteiger partial charge in [0, 0.05) is 18.9 Å². The van der Waals surface area contributed by atoms with Gasteiger partial charge in [0.05, 0.1) is 0 Å². The molecule has 11 heteroatoms. The molecule has 0 spiro atoms. The number of aliphatic carboxylic acids is 2. The van der Waals surface area contributed by atoms with Crippen LogP contribution in [0, 0.1) is 17.8 Å². The molecular weight excluding hydrogens is 446 g/mol. The third-order valence-corrected chi connectivity index (χ3v) is 5.67. The second kappa shape index (κ2) is 13.1. The predicted molar refractivity (Wildman–Crippen MR) is 123 cm³/mol. The van der Waals surface area contributed by atoms with Crippen LogP contribution in [0.25, 0.3) is 0 Å². The quantitative estimate of drug-likeness (QED) is 0.295. The number of carboxylic acids is 2. The Morgan fingerprint density at radius 3 is 2.03 bits per heavy atom. The second-order valence-electron chi connectivity index (χ2n) is 10.2. The van der Waals surface area contributed by atoms with E-state index < -0.39 is 35.7 Å². The second-order valence-corrected chi connectivity index (χ2v) is 10.2. The standard InChI is InChI=1S/C23H39N3O8/c1-13(2)18(26-22(33)34-23(3,4)5)20(30)24-12-14-6-8-15(9-7-14)19(29)25-16(21(31)32)10-11-17(27)28/h13-16,18H,6-12H2,1-5H3,(H,24,30)(H,25,29)(H,26,33)(H,27,28)(H,31,32)/t14?,15?,16-,18+/m1/s1. The molecule has 1 aliphatic carbocycles. The lowest BCUT2D eigenvalue weighted by atomic mass is 9.81. The van der Waals surface area contributed by atoms with E-state index in [2.05, 4.69) is 16.0 Å². The van der Waals surface area contributed by atoms with Crippen molar-refractivity contribution >= 4 is 29.8 Å². The van der Waals surface area contributed by atoms with Crippen molar-refractivity contribution in [2.75, 3.05) is 6.54 Å². The van der Waals surface area contributed by atoms with E-state index in [1.54, 1.807) is 20.8 Å². The summed E-state index contributed by atoms with van der Waals surface area (Å²) in [6.07, 6.45) is 1.27. The van der Waals surface area contributed by atoms with E-state index in [9.17, 15) is 29.1 Å². The summed E-state index contributed by atoms with van der Waals surface area (Å²) in [7, 11) is 0. The summed E-state index contributed by atoms with van der Waals surface area (Å²) in [4.78, 5) is 59.1. The molecule has 34 heavy (non-hydrogen) atoms. The fourth-order valence-electron chi connectivity index (χ4n) is 3.77. The maximum atomic E-state index is 12.7. The molecule has 5 N–H and O–H groups in total. The van der Waals surface area contributed by atoms with E-state index in [4.69, 9.17) is 9.84 Å². The van der Waals surface area contributed by atoms with Gasteiger partial charge in [-0.1, -0.05) is 13.8 Å². The normalized spacial score (nSPS) is 20.1. The largest absolute Gasteiger partial charge is 0.481 e. The van der Waals surface area contributed by atoms with Crippen LogP contribution in [0.4, 0.5) is 4.79 Å². The third-order valence-electron chi connectivity index (χ3n) is 5.67. The van der Waals surface area contributed by atoms with Crippen LogP contribution in [0.5, 0.6) is 0 Å². The van der Waals surface area contributed by atoms with Gasteiger partial charge in [0.2, 0.25) is 11.8 Å². The number of alkyl carbamates (subject to hydrolysis) is 1. The molecule has 0 aromatic carbocycles. The molecule has 1 rings (SSSR count). The molecule has 0 bridgehead atoms. The van der Waals surface area contributed by atoms with Gasteiger partial charge in [-0.05, 0) is 64.7 Å². The highest BCUT2D eigenvalue weighted by Crippen LogP contribution is 2.28. The summed E-state index contributed by atoms with van der Waals surface area (Å²) in [5.74, 6) is -3.41. The molecule has 0 unspecified atom stereocenters. The Kier molecular flexibility index (Phi) is 11.3. The lowest BCUT2D eigenvalue weighted by molar-refractivity contribution is -0.144. The van der Waals surface area contributed by atoms with Crippen LogP contribution >= 0.6 is 0 Å². The van der Waals surface area contributed by atoms with Crippen molar-refractivity contribution < 1.29 is 38.9 Å². The lowest BCUT2D eigenvalue weighted by Gasteiger charge is -2.30. The first-order chi connectivity index (χ1) is 15.7. The van der Waals surface area contributed by atoms with Crippen molar-refractivity contribution in [1.29, 1.82) is 0 Å². The minimum Gasteiger partial charge on any atom is -0.481 e. The number of nitrogens with one attached hydrogen (secondary N) is 3. The number of hydrogen-bond donors (Lipinski definition) is 5. The topological polar surface area (TPSA) is 171 Å². The summed E-state index contributed by atoms with van der Waals surface area (Å²) in [6.45, 7) is 9.28. The van der Waals surface area contributed by atoms with Gasteiger partial charge in [-0.2, -0.15) is 0 Å². The Morgan fingerprint density at radius 2 is 1.56 bits per heavy atom. The molecule has 0 aromatic rings. The van der Waals surface area contributed by atoms with Crippen LogP contribution in [0.15, 0.2) is 0 Å². The van der Waals surface area contributed by atoms with Gasteiger partial charge in [0.1, 0.15) is 17.7 Å². The predicted octanol–water partition coefficient (Wildman–Crippen LogP) is 1.89. The fraction of sp³-hybridized carbons (Fsp3) is 0.783. The molecule has 0 aliphatic heterocycles. The van der Waals surface area contributed by atoms with Crippen LogP contribution in [-0.4, -0.2) is 64.3 Å². The lowest BCUT2D eigenvalue weighted by Crippen LogP contribution is -2.51. The summed E-state index contributed by atoms with van der Waals surface area (Å²) < 4.78 is 5.23. The molecule has 2 atom stereocenters. The maximum Gasteiger partial charge on any atom is 0.408 e. The van der Waals surface area contributed by atoms with Crippen molar-refractivity contribution in [1.82, 2.24) is 16.0 Å². The van der Waals surface area contributed by atoms with E-state index in [1.165, 1.54) is 0 Å². The number of ether oxygens (including phenoxy) is 1. The Hall–Kier alpha value is -2.85. The zero-order valence-electron chi connectivity index (χ0n) is 20.7. The molecule has 3 amide bonds. The average Bonchev–Trinajstić information content (AvgIpc) is 2.71. The Balaban J connectivity index is 2.50. The summed E-state index contributed by atoms with van der Waals surface area (Å²) in [5, 5.41) is 25.9. The highest BCUT2D eigenvalue weighted by Gasteiger charge is 2.31. The van der Waals surface area contributed by atoms with E-state index in [1.807, 2.05) is 13.8 Å². The molecule has 0 radical (unpaired) electrons. The SMILES string of the molecule is CC(C)[C@H](NC(=O)OC(C)(C)C)C(=O)NCC1CCC(C(=O)N[C@H](CCC(=O)O)C(=O)O)CC1. The van der Waals surface area contributed by atoms with Gasteiger partial charge >= 0.3 is 18.0 Å². The molecule has 1 saturated carbocycles. The van der Waals surface area contributed by atoms with Crippen molar-refractivity contribution in [2.45, 2.75) is 90.8 Å². The van der Waals surface area contributed by atoms with Crippen LogP contribution in [-0.2, 0) is 23.9 Å². The molecule has 194 valence electrons. The Bertz CT molecular complexity index is 739. The van der Waals surface area contributed by atoms with Crippen LogP contribution in [0.3, 0.4) is 0 Å². The van der Waals surface area contributed by atoms with Gasteiger partial charge in [0.25, 0.3) is 0 Å². The van der Waals surface area contributed by atoms with E-state index in [0.29, 0.717) is 32.2 Å². The minimum absolute atomic E-state index is 0.143. The van der Waals surface area contributed by atoms with Crippen molar-refractivity contribution in [3.8, 4) is 0 Å². The number of rotatable bonds is 11. The third kappa shape index (κ3) is 10.8. The highest BCUT2D eigenvalue weighted by molar-refractivity contribution is 5.86. The van der Waals surface area contributed by atoms with E-state index in [0.717, 1.165) is 0 Å². The van der Waals surface area contributed by atoms with Gasteiger partial charge < -0.3 is 30.9 Å². The smallest absolute Gasteiger partial charge is 0.408 e. The van der Waals surface area contributed by atoms with Gasteiger partial charge in [-0.25, -0.2) is 9.59 Å². The first kappa shape index (κ1) is 29.2. The number of amides is 3. The van der Waals surface area contributed by atoms with Crippen molar-refractivity contribution in [3.05, 3.63) is 0 Å². The Morgan fingerprint density at radius 1 is 0.971 bits per heavy atom. The van der Waals surface area contributed by atoms with E-state index >= 15 is 0 Å². The van der Waals surface area contributed by atoms with E-state index in [-0.39, 0.29) is 42.4 Å². The van der Waals surface area contributed by atoms with Crippen molar-refractivity contribution in [2.24, 2.45) is 17.8 Å². The Labute approximate surface area is 200 Å². The summed E-state index contributed by atoms with van der Waals surface area (Å²) in [5.41, 5.74) is -0.673. The molecule has 1 fully saturated rings. The fourth-order valence-corrected chi connectivity index (χ4v) is 3.77. The summed E-state index contributed by atoms with van der Waals surface area (Å²) in [6, 6.07) is -1.97. The van der Waals surface area contributed by atoms with Crippen LogP contribution in [0.2, 0.25) is 0 Å². The first-order valence-corrected chi connectivity index (χ1v) is 11.7. The maximum absolute atomic E-state index is 12.7. The molecular formula is C23H39N3O8. The summed E-state index contributed by atoms with van der Waals surface area (Å²) >= 11 is 0. The molecule has 0 aromatic heterocycles.